The molecule has 2 nitrogen and oxygen atoms in total. The van der Waals surface area contributed by atoms with Gasteiger partial charge >= 0.3 is 0 Å². The Balaban J connectivity index is 2.04. The minimum atomic E-state index is 0.0410. The highest BCUT2D eigenvalue weighted by Gasteiger charge is 2.07. The van der Waals surface area contributed by atoms with Gasteiger partial charge in [0.25, 0.3) is 0 Å². The van der Waals surface area contributed by atoms with E-state index in [1.54, 1.807) is 7.11 Å². The Morgan fingerprint density at radius 2 is 1.53 bits per heavy atom. The molecule has 0 aliphatic heterocycles. The molecule has 19 heavy (non-hydrogen) atoms. The van der Waals surface area contributed by atoms with Gasteiger partial charge in [-0.2, -0.15) is 0 Å². The molecule has 0 heterocycles. The molecule has 0 spiro atoms. The van der Waals surface area contributed by atoms with Crippen molar-refractivity contribution in [2.75, 3.05) is 7.11 Å². The summed E-state index contributed by atoms with van der Waals surface area (Å²) in [5, 5.41) is 0. The van der Waals surface area contributed by atoms with Crippen molar-refractivity contribution in [1.82, 2.24) is 0 Å². The lowest BCUT2D eigenvalue weighted by Gasteiger charge is -2.13. The molecule has 0 saturated heterocycles. The second kappa shape index (κ2) is 6.39. The maximum Gasteiger partial charge on any atom is 0.118 e. The van der Waals surface area contributed by atoms with Crippen LogP contribution in [-0.4, -0.2) is 7.11 Å². The van der Waals surface area contributed by atoms with Crippen LogP contribution in [0.3, 0.4) is 0 Å². The van der Waals surface area contributed by atoms with Crippen LogP contribution in [0.25, 0.3) is 0 Å². The number of aryl methyl sites for hydroxylation is 1. The molecule has 0 aliphatic carbocycles. The monoisotopic (exact) mass is 255 g/mol. The van der Waals surface area contributed by atoms with Crippen molar-refractivity contribution in [3.05, 3.63) is 65.2 Å². The Hall–Kier alpha value is -1.80. The van der Waals surface area contributed by atoms with Crippen molar-refractivity contribution < 1.29 is 4.74 Å². The van der Waals surface area contributed by atoms with Gasteiger partial charge in [-0.05, 0) is 41.7 Å². The summed E-state index contributed by atoms with van der Waals surface area (Å²) in [5.74, 6) is 0.879. The van der Waals surface area contributed by atoms with E-state index in [4.69, 9.17) is 10.5 Å². The SMILES string of the molecule is CCc1ccc(C(N)Cc2ccc(OC)cc2)cc1. The molecule has 0 aliphatic rings. The summed E-state index contributed by atoms with van der Waals surface area (Å²) in [5.41, 5.74) is 10.0. The molecule has 1 unspecified atom stereocenters. The van der Waals surface area contributed by atoms with E-state index >= 15 is 0 Å². The summed E-state index contributed by atoms with van der Waals surface area (Å²) in [7, 11) is 1.68. The van der Waals surface area contributed by atoms with Crippen LogP contribution < -0.4 is 10.5 Å². The quantitative estimate of drug-likeness (QED) is 0.887. The first-order valence-electron chi connectivity index (χ1n) is 6.70. The standard InChI is InChI=1S/C17H21NO/c1-3-13-4-8-15(9-5-13)17(18)12-14-6-10-16(19-2)11-7-14/h4-11,17H,3,12,18H2,1-2H3. The number of hydrogen-bond acceptors (Lipinski definition) is 2. The zero-order valence-corrected chi connectivity index (χ0v) is 11.6. The van der Waals surface area contributed by atoms with Crippen molar-refractivity contribution in [3.63, 3.8) is 0 Å². The number of ether oxygens (including phenoxy) is 1. The first-order chi connectivity index (χ1) is 9.22. The average Bonchev–Trinajstić information content (AvgIpc) is 2.48. The van der Waals surface area contributed by atoms with Crippen molar-refractivity contribution in [1.29, 1.82) is 0 Å². The highest BCUT2D eigenvalue weighted by molar-refractivity contribution is 5.30. The van der Waals surface area contributed by atoms with Gasteiger partial charge in [0, 0.05) is 6.04 Å². The van der Waals surface area contributed by atoms with Crippen LogP contribution in [0.1, 0.15) is 29.7 Å². The van der Waals surface area contributed by atoms with Gasteiger partial charge in [0.05, 0.1) is 7.11 Å². The summed E-state index contributed by atoms with van der Waals surface area (Å²) in [6.07, 6.45) is 1.91. The number of methoxy groups -OCH3 is 1. The fourth-order valence-corrected chi connectivity index (χ4v) is 2.13. The minimum absolute atomic E-state index is 0.0410. The maximum absolute atomic E-state index is 6.26. The molecule has 0 radical (unpaired) electrons. The Labute approximate surface area is 115 Å². The van der Waals surface area contributed by atoms with Crippen molar-refractivity contribution in [2.24, 2.45) is 5.73 Å². The first kappa shape index (κ1) is 13.6. The third-order valence-electron chi connectivity index (χ3n) is 3.43. The molecule has 2 N–H and O–H groups in total. The van der Waals surface area contributed by atoms with Gasteiger partial charge < -0.3 is 10.5 Å². The Kier molecular flexibility index (Phi) is 4.58. The third-order valence-corrected chi connectivity index (χ3v) is 3.43. The summed E-state index contributed by atoms with van der Waals surface area (Å²) in [6, 6.07) is 16.7. The smallest absolute Gasteiger partial charge is 0.118 e. The predicted octanol–water partition coefficient (Wildman–Crippen LogP) is 3.50. The van der Waals surface area contributed by atoms with Crippen molar-refractivity contribution in [2.45, 2.75) is 25.8 Å². The summed E-state index contributed by atoms with van der Waals surface area (Å²) in [4.78, 5) is 0. The van der Waals surface area contributed by atoms with E-state index in [1.165, 1.54) is 16.7 Å². The zero-order chi connectivity index (χ0) is 13.7. The summed E-state index contributed by atoms with van der Waals surface area (Å²) in [6.45, 7) is 2.16. The van der Waals surface area contributed by atoms with Crippen molar-refractivity contribution in [3.8, 4) is 5.75 Å². The molecule has 2 heteroatoms. The molecular weight excluding hydrogens is 234 g/mol. The van der Waals surface area contributed by atoms with E-state index in [9.17, 15) is 0 Å². The first-order valence-corrected chi connectivity index (χ1v) is 6.70. The van der Waals surface area contributed by atoms with Crippen LogP contribution in [0.2, 0.25) is 0 Å². The Bertz CT molecular complexity index is 502. The topological polar surface area (TPSA) is 35.2 Å². The van der Waals surface area contributed by atoms with Gasteiger partial charge in [-0.25, -0.2) is 0 Å². The maximum atomic E-state index is 6.26. The number of nitrogens with two attached hydrogens (primary N) is 1. The van der Waals surface area contributed by atoms with Crippen LogP contribution in [0.15, 0.2) is 48.5 Å². The highest BCUT2D eigenvalue weighted by atomic mass is 16.5. The third kappa shape index (κ3) is 3.58. The summed E-state index contributed by atoms with van der Waals surface area (Å²) < 4.78 is 5.15. The van der Waals surface area contributed by atoms with E-state index in [0.29, 0.717) is 0 Å². The largest absolute Gasteiger partial charge is 0.497 e. The van der Waals surface area contributed by atoms with Crippen LogP contribution >= 0.6 is 0 Å². The normalized spacial score (nSPS) is 12.2. The molecule has 1 atom stereocenters. The van der Waals surface area contributed by atoms with E-state index in [1.807, 2.05) is 12.1 Å². The summed E-state index contributed by atoms with van der Waals surface area (Å²) >= 11 is 0. The van der Waals surface area contributed by atoms with E-state index < -0.39 is 0 Å². The molecule has 2 aromatic rings. The van der Waals surface area contributed by atoms with Crippen LogP contribution in [0.5, 0.6) is 5.75 Å². The van der Waals surface area contributed by atoms with Crippen molar-refractivity contribution >= 4 is 0 Å². The minimum Gasteiger partial charge on any atom is -0.497 e. The molecular formula is C17H21NO. The molecule has 0 bridgehead atoms. The number of rotatable bonds is 5. The van der Waals surface area contributed by atoms with Crippen LogP contribution in [-0.2, 0) is 12.8 Å². The van der Waals surface area contributed by atoms with Gasteiger partial charge in [0.2, 0.25) is 0 Å². The Morgan fingerprint density at radius 3 is 2.05 bits per heavy atom. The molecule has 2 aromatic carbocycles. The number of hydrogen-bond donors (Lipinski definition) is 1. The fourth-order valence-electron chi connectivity index (χ4n) is 2.13. The fraction of sp³-hybridized carbons (Fsp3) is 0.294. The highest BCUT2D eigenvalue weighted by Crippen LogP contribution is 2.19. The molecule has 2 rings (SSSR count). The molecule has 0 saturated carbocycles. The van der Waals surface area contributed by atoms with Crippen LogP contribution in [0, 0.1) is 0 Å². The van der Waals surface area contributed by atoms with Gasteiger partial charge in [-0.15, -0.1) is 0 Å². The van der Waals surface area contributed by atoms with Gasteiger partial charge in [-0.3, -0.25) is 0 Å². The number of benzene rings is 2. The Morgan fingerprint density at radius 1 is 0.947 bits per heavy atom. The zero-order valence-electron chi connectivity index (χ0n) is 11.6. The lowest BCUT2D eigenvalue weighted by atomic mass is 9.98. The van der Waals surface area contributed by atoms with E-state index in [2.05, 4.69) is 43.3 Å². The second-order valence-corrected chi connectivity index (χ2v) is 4.75. The predicted molar refractivity (Wildman–Crippen MR) is 79.4 cm³/mol. The molecule has 0 amide bonds. The van der Waals surface area contributed by atoms with E-state index in [-0.39, 0.29) is 6.04 Å². The lowest BCUT2D eigenvalue weighted by molar-refractivity contribution is 0.414. The van der Waals surface area contributed by atoms with Crippen LogP contribution in [0.4, 0.5) is 0 Å². The molecule has 0 aromatic heterocycles. The van der Waals surface area contributed by atoms with E-state index in [0.717, 1.165) is 18.6 Å². The lowest BCUT2D eigenvalue weighted by Crippen LogP contribution is -2.13. The van der Waals surface area contributed by atoms with Gasteiger partial charge in [-0.1, -0.05) is 43.3 Å². The second-order valence-electron chi connectivity index (χ2n) is 4.75. The molecule has 0 fully saturated rings. The van der Waals surface area contributed by atoms with Gasteiger partial charge in [0.1, 0.15) is 5.75 Å². The average molecular weight is 255 g/mol. The molecule has 100 valence electrons. The van der Waals surface area contributed by atoms with Gasteiger partial charge in [0.15, 0.2) is 0 Å².